The largest absolute Gasteiger partial charge is 0.317 e. The van der Waals surface area contributed by atoms with Crippen molar-refractivity contribution in [2.45, 2.75) is 0 Å². The summed E-state index contributed by atoms with van der Waals surface area (Å²) in [7, 11) is 0. The molecule has 0 unspecified atom stereocenters. The Kier molecular flexibility index (Phi) is 2.97. The summed E-state index contributed by atoms with van der Waals surface area (Å²) in [6.45, 7) is 0. The van der Waals surface area contributed by atoms with Gasteiger partial charge in [-0.2, -0.15) is 0 Å². The smallest absolute Gasteiger partial charge is 0.292 e. The molecule has 28 heavy (non-hydrogen) atoms. The maximum absolute atomic E-state index is 12.5. The van der Waals surface area contributed by atoms with Crippen LogP contribution in [0.4, 0.5) is 0 Å². The number of fused-ring (bicyclic) bond motifs is 6. The van der Waals surface area contributed by atoms with Gasteiger partial charge in [0.1, 0.15) is 0 Å². The van der Waals surface area contributed by atoms with Gasteiger partial charge >= 0.3 is 0 Å². The summed E-state index contributed by atoms with van der Waals surface area (Å²) < 4.78 is 1.88. The van der Waals surface area contributed by atoms with Crippen molar-refractivity contribution in [2.75, 3.05) is 0 Å². The molecule has 5 nitrogen and oxygen atoms in total. The molecule has 3 heterocycles. The summed E-state index contributed by atoms with van der Waals surface area (Å²) in [6.07, 6.45) is 7.50. The predicted octanol–water partition coefficient (Wildman–Crippen LogP) is 3.42. The van der Waals surface area contributed by atoms with Gasteiger partial charge in [0.2, 0.25) is 5.65 Å². The SMILES string of the molecule is O=c1[nH]c2c3ccccc3/c(=C\c3ccnc4ccccc34)c2n2ccnc12. The van der Waals surface area contributed by atoms with E-state index in [9.17, 15) is 4.79 Å². The Hall–Kier alpha value is -3.99. The van der Waals surface area contributed by atoms with Gasteiger partial charge in [-0.3, -0.25) is 14.2 Å². The van der Waals surface area contributed by atoms with Crippen LogP contribution in [0.15, 0.2) is 78.0 Å². The van der Waals surface area contributed by atoms with E-state index >= 15 is 0 Å². The monoisotopic (exact) mass is 362 g/mol. The molecule has 3 aromatic heterocycles. The molecule has 0 bridgehead atoms. The summed E-state index contributed by atoms with van der Waals surface area (Å²) in [6, 6.07) is 18.3. The zero-order valence-electron chi connectivity index (χ0n) is 14.8. The Morgan fingerprint density at radius 3 is 2.54 bits per heavy atom. The number of pyridine rings is 1. The Morgan fingerprint density at radius 1 is 0.857 bits per heavy atom. The van der Waals surface area contributed by atoms with Gasteiger partial charge in [-0.15, -0.1) is 0 Å². The average molecular weight is 362 g/mol. The lowest BCUT2D eigenvalue weighted by atomic mass is 10.1. The molecule has 0 aliphatic heterocycles. The average Bonchev–Trinajstić information content (AvgIpc) is 3.33. The lowest BCUT2D eigenvalue weighted by molar-refractivity contribution is 1.17. The maximum Gasteiger partial charge on any atom is 0.292 e. The second kappa shape index (κ2) is 5.50. The van der Waals surface area contributed by atoms with Gasteiger partial charge < -0.3 is 4.98 Å². The van der Waals surface area contributed by atoms with Crippen LogP contribution in [0.2, 0.25) is 0 Å². The first kappa shape index (κ1) is 15.1. The summed E-state index contributed by atoms with van der Waals surface area (Å²) in [4.78, 5) is 24.2. The van der Waals surface area contributed by atoms with Gasteiger partial charge in [0.15, 0.2) is 0 Å². The topological polar surface area (TPSA) is 63.0 Å². The third-order valence-corrected chi connectivity index (χ3v) is 5.28. The van der Waals surface area contributed by atoms with E-state index < -0.39 is 0 Å². The standard InChI is InChI=1S/C23H14N4O/c28-23-22-25-11-12-27(22)21-18(16-6-1-2-7-17(16)20(21)26-23)13-14-9-10-24-19-8-4-3-5-15(14)19/h1-13H,(H,26,28)/b18-13+. The molecule has 6 aromatic rings. The Bertz CT molecular complexity index is 1640. The van der Waals surface area contributed by atoms with E-state index in [1.807, 2.05) is 59.3 Å². The normalized spacial score (nSPS) is 12.6. The van der Waals surface area contributed by atoms with Crippen molar-refractivity contribution >= 4 is 44.4 Å². The quantitative estimate of drug-likeness (QED) is 0.487. The Labute approximate surface area is 158 Å². The predicted molar refractivity (Wildman–Crippen MR) is 111 cm³/mol. The number of aromatic nitrogens is 4. The molecule has 1 N–H and O–H groups in total. The van der Waals surface area contributed by atoms with Crippen LogP contribution >= 0.6 is 0 Å². The van der Waals surface area contributed by atoms with Crippen molar-refractivity contribution in [1.29, 1.82) is 0 Å². The molecular weight excluding hydrogens is 348 g/mol. The second-order valence-corrected chi connectivity index (χ2v) is 6.82. The van der Waals surface area contributed by atoms with Crippen LogP contribution in [0.3, 0.4) is 0 Å². The minimum Gasteiger partial charge on any atom is -0.317 e. The highest BCUT2D eigenvalue weighted by molar-refractivity contribution is 6.10. The summed E-state index contributed by atoms with van der Waals surface area (Å²) in [5, 5.41) is 4.26. The molecule has 0 atom stereocenters. The molecule has 6 rings (SSSR count). The van der Waals surface area contributed by atoms with E-state index in [4.69, 9.17) is 0 Å². The van der Waals surface area contributed by atoms with E-state index in [0.29, 0.717) is 5.65 Å². The molecular formula is C23H14N4O. The zero-order valence-corrected chi connectivity index (χ0v) is 14.8. The van der Waals surface area contributed by atoms with Crippen molar-refractivity contribution in [3.63, 3.8) is 0 Å². The highest BCUT2D eigenvalue weighted by Gasteiger charge is 2.14. The molecule has 0 amide bonds. The summed E-state index contributed by atoms with van der Waals surface area (Å²) in [5.41, 5.74) is 4.04. The molecule has 0 saturated carbocycles. The number of hydrogen-bond acceptors (Lipinski definition) is 3. The van der Waals surface area contributed by atoms with Gasteiger partial charge in [-0.25, -0.2) is 4.98 Å². The summed E-state index contributed by atoms with van der Waals surface area (Å²) >= 11 is 0. The first-order valence-corrected chi connectivity index (χ1v) is 9.06. The van der Waals surface area contributed by atoms with Crippen LogP contribution in [-0.2, 0) is 0 Å². The van der Waals surface area contributed by atoms with Gasteiger partial charge in [0.25, 0.3) is 5.56 Å². The molecule has 3 aromatic carbocycles. The first-order chi connectivity index (χ1) is 13.8. The minimum absolute atomic E-state index is 0.186. The third-order valence-electron chi connectivity index (χ3n) is 5.28. The fraction of sp³-hybridized carbons (Fsp3) is 0. The van der Waals surface area contributed by atoms with E-state index in [1.165, 1.54) is 0 Å². The minimum atomic E-state index is -0.186. The number of nitrogens with one attached hydrogen (secondary N) is 1. The van der Waals surface area contributed by atoms with Gasteiger partial charge in [0, 0.05) is 34.6 Å². The number of aromatic amines is 1. The number of nitrogens with zero attached hydrogens (tertiary/aromatic N) is 3. The first-order valence-electron chi connectivity index (χ1n) is 9.06. The van der Waals surface area contributed by atoms with Crippen LogP contribution in [0.5, 0.6) is 0 Å². The third kappa shape index (κ3) is 1.98. The zero-order chi connectivity index (χ0) is 18.7. The number of rotatable bonds is 1. The number of hydrogen-bond donors (Lipinski definition) is 1. The van der Waals surface area contributed by atoms with Crippen molar-refractivity contribution in [3.05, 3.63) is 94.3 Å². The fourth-order valence-corrected chi connectivity index (χ4v) is 4.07. The molecule has 0 radical (unpaired) electrons. The van der Waals surface area contributed by atoms with E-state index in [1.54, 1.807) is 6.20 Å². The van der Waals surface area contributed by atoms with Gasteiger partial charge in [-0.05, 0) is 29.2 Å². The van der Waals surface area contributed by atoms with Crippen LogP contribution in [0, 0.1) is 0 Å². The molecule has 132 valence electrons. The second-order valence-electron chi connectivity index (χ2n) is 6.82. The molecule has 0 aliphatic carbocycles. The number of H-pyrrole nitrogens is 1. The van der Waals surface area contributed by atoms with Crippen molar-refractivity contribution < 1.29 is 0 Å². The number of benzene rings is 2. The molecule has 5 heteroatoms. The van der Waals surface area contributed by atoms with Crippen molar-refractivity contribution in [1.82, 2.24) is 19.4 Å². The molecule has 0 fully saturated rings. The number of para-hydroxylation sites is 1. The van der Waals surface area contributed by atoms with Crippen LogP contribution in [0.25, 0.3) is 44.4 Å². The van der Waals surface area contributed by atoms with Crippen molar-refractivity contribution in [3.8, 4) is 0 Å². The van der Waals surface area contributed by atoms with Crippen LogP contribution in [0.1, 0.15) is 5.56 Å². The maximum atomic E-state index is 12.5. The highest BCUT2D eigenvalue weighted by Crippen LogP contribution is 2.23. The summed E-state index contributed by atoms with van der Waals surface area (Å²) in [5.74, 6) is 0. The highest BCUT2D eigenvalue weighted by atomic mass is 16.1. The molecule has 0 saturated heterocycles. The van der Waals surface area contributed by atoms with Crippen molar-refractivity contribution in [2.24, 2.45) is 0 Å². The van der Waals surface area contributed by atoms with E-state index in [2.05, 4.69) is 33.2 Å². The lowest BCUT2D eigenvalue weighted by Crippen LogP contribution is -2.13. The number of imidazole rings is 1. The lowest BCUT2D eigenvalue weighted by Gasteiger charge is -2.01. The molecule has 0 aliphatic rings. The van der Waals surface area contributed by atoms with Crippen LogP contribution in [-0.4, -0.2) is 19.4 Å². The Balaban J connectivity index is 1.88. The Morgan fingerprint density at radius 2 is 1.64 bits per heavy atom. The van der Waals surface area contributed by atoms with E-state index in [0.717, 1.165) is 43.5 Å². The van der Waals surface area contributed by atoms with Gasteiger partial charge in [0.05, 0.1) is 16.6 Å². The van der Waals surface area contributed by atoms with E-state index in [-0.39, 0.29) is 5.56 Å². The van der Waals surface area contributed by atoms with Crippen LogP contribution < -0.4 is 10.8 Å². The van der Waals surface area contributed by atoms with Gasteiger partial charge in [-0.1, -0.05) is 42.5 Å². The molecule has 0 spiro atoms. The fourth-order valence-electron chi connectivity index (χ4n) is 4.07.